The van der Waals surface area contributed by atoms with Crippen molar-refractivity contribution in [3.05, 3.63) is 40.7 Å². The van der Waals surface area contributed by atoms with Crippen LogP contribution in [0.5, 0.6) is 0 Å². The van der Waals surface area contributed by atoms with Gasteiger partial charge < -0.3 is 11.1 Å². The van der Waals surface area contributed by atoms with Gasteiger partial charge in [0, 0.05) is 17.8 Å². The molecule has 1 aromatic heterocycles. The molecule has 1 amide bonds. The van der Waals surface area contributed by atoms with Crippen molar-refractivity contribution in [2.75, 3.05) is 11.1 Å². The molecular weight excluding hydrogens is 252 g/mol. The maximum absolute atomic E-state index is 12.1. The number of hydrogen-bond donors (Lipinski definition) is 2. The van der Waals surface area contributed by atoms with Crippen LogP contribution in [0.2, 0.25) is 5.02 Å². The van der Waals surface area contributed by atoms with E-state index in [2.05, 4.69) is 10.4 Å². The topological polar surface area (TPSA) is 72.9 Å². The van der Waals surface area contributed by atoms with Crippen LogP contribution in [-0.2, 0) is 7.05 Å². The number of anilines is 2. The summed E-state index contributed by atoms with van der Waals surface area (Å²) < 4.78 is 1.44. The molecule has 18 heavy (non-hydrogen) atoms. The van der Waals surface area contributed by atoms with E-state index in [1.54, 1.807) is 25.2 Å². The lowest BCUT2D eigenvalue weighted by atomic mass is 10.2. The predicted molar refractivity (Wildman–Crippen MR) is 71.8 cm³/mol. The quantitative estimate of drug-likeness (QED) is 0.873. The standard InChI is InChI=1S/C12H13ClN4O/c1-7-8(13)4-3-5-10(7)16-12(18)11-9(14)6-15-17(11)2/h3-6H,14H2,1-2H3,(H,16,18). The van der Waals surface area contributed by atoms with Crippen LogP contribution in [0, 0.1) is 6.92 Å². The third kappa shape index (κ3) is 2.17. The third-order valence-electron chi connectivity index (χ3n) is 2.70. The average molecular weight is 265 g/mol. The molecule has 94 valence electrons. The van der Waals surface area contributed by atoms with Crippen molar-refractivity contribution in [3.8, 4) is 0 Å². The van der Waals surface area contributed by atoms with Gasteiger partial charge in [-0.25, -0.2) is 0 Å². The molecule has 1 heterocycles. The number of carbonyl (C=O) groups is 1. The normalized spacial score (nSPS) is 10.4. The molecule has 0 aliphatic heterocycles. The molecule has 0 radical (unpaired) electrons. The monoisotopic (exact) mass is 264 g/mol. The number of benzene rings is 1. The van der Waals surface area contributed by atoms with E-state index < -0.39 is 0 Å². The second kappa shape index (κ2) is 4.70. The number of aromatic nitrogens is 2. The van der Waals surface area contributed by atoms with Crippen molar-refractivity contribution in [1.82, 2.24) is 9.78 Å². The van der Waals surface area contributed by atoms with Gasteiger partial charge >= 0.3 is 0 Å². The van der Waals surface area contributed by atoms with Gasteiger partial charge in [-0.05, 0) is 24.6 Å². The Labute approximate surface area is 110 Å². The average Bonchev–Trinajstić information content (AvgIpc) is 2.65. The first-order chi connectivity index (χ1) is 8.50. The summed E-state index contributed by atoms with van der Waals surface area (Å²) in [6.07, 6.45) is 1.44. The minimum atomic E-state index is -0.308. The second-order valence-electron chi connectivity index (χ2n) is 3.94. The fourth-order valence-electron chi connectivity index (χ4n) is 1.66. The van der Waals surface area contributed by atoms with E-state index in [0.29, 0.717) is 22.1 Å². The van der Waals surface area contributed by atoms with E-state index >= 15 is 0 Å². The second-order valence-corrected chi connectivity index (χ2v) is 4.35. The SMILES string of the molecule is Cc1c(Cl)cccc1NC(=O)c1c(N)cnn1C. The van der Waals surface area contributed by atoms with E-state index in [9.17, 15) is 4.79 Å². The largest absolute Gasteiger partial charge is 0.396 e. The number of nitrogens with two attached hydrogens (primary N) is 1. The Kier molecular flexibility index (Phi) is 3.25. The van der Waals surface area contributed by atoms with E-state index in [1.165, 1.54) is 10.9 Å². The predicted octanol–water partition coefficient (Wildman–Crippen LogP) is 2.22. The molecule has 0 saturated heterocycles. The zero-order valence-electron chi connectivity index (χ0n) is 10.1. The zero-order chi connectivity index (χ0) is 13.3. The van der Waals surface area contributed by atoms with Crippen molar-refractivity contribution in [1.29, 1.82) is 0 Å². The zero-order valence-corrected chi connectivity index (χ0v) is 10.8. The molecule has 0 saturated carbocycles. The summed E-state index contributed by atoms with van der Waals surface area (Å²) in [4.78, 5) is 12.1. The van der Waals surface area contributed by atoms with Crippen molar-refractivity contribution in [2.45, 2.75) is 6.92 Å². The molecule has 2 aromatic rings. The van der Waals surface area contributed by atoms with Crippen LogP contribution >= 0.6 is 11.6 Å². The Morgan fingerprint density at radius 1 is 1.50 bits per heavy atom. The van der Waals surface area contributed by atoms with E-state index in [4.69, 9.17) is 17.3 Å². The molecule has 0 unspecified atom stereocenters. The van der Waals surface area contributed by atoms with E-state index in [0.717, 1.165) is 5.56 Å². The molecule has 3 N–H and O–H groups in total. The molecule has 0 fully saturated rings. The maximum atomic E-state index is 12.1. The van der Waals surface area contributed by atoms with Crippen molar-refractivity contribution in [3.63, 3.8) is 0 Å². The highest BCUT2D eigenvalue weighted by molar-refractivity contribution is 6.31. The smallest absolute Gasteiger partial charge is 0.276 e. The van der Waals surface area contributed by atoms with Crippen LogP contribution in [0.3, 0.4) is 0 Å². The minimum absolute atomic E-state index is 0.308. The molecule has 6 heteroatoms. The summed E-state index contributed by atoms with van der Waals surface area (Å²) in [5.74, 6) is -0.308. The summed E-state index contributed by atoms with van der Waals surface area (Å²) in [6, 6.07) is 5.33. The van der Waals surface area contributed by atoms with Gasteiger partial charge in [0.25, 0.3) is 5.91 Å². The number of rotatable bonds is 2. The Bertz CT molecular complexity index is 587. The lowest BCUT2D eigenvalue weighted by molar-refractivity contribution is 0.101. The molecule has 0 aliphatic rings. The number of halogens is 1. The molecule has 5 nitrogen and oxygen atoms in total. The van der Waals surface area contributed by atoms with Crippen LogP contribution in [-0.4, -0.2) is 15.7 Å². The lowest BCUT2D eigenvalue weighted by Crippen LogP contribution is -2.18. The number of nitrogens with zero attached hydrogens (tertiary/aromatic N) is 2. The summed E-state index contributed by atoms with van der Waals surface area (Å²) in [5, 5.41) is 7.30. The Morgan fingerprint density at radius 3 is 2.83 bits per heavy atom. The van der Waals surface area contributed by atoms with Gasteiger partial charge in [0.2, 0.25) is 0 Å². The summed E-state index contributed by atoms with van der Waals surface area (Å²) in [6.45, 7) is 1.84. The number of nitrogens with one attached hydrogen (secondary N) is 1. The van der Waals surface area contributed by atoms with E-state index in [1.807, 2.05) is 6.92 Å². The number of aryl methyl sites for hydroxylation is 1. The Balaban J connectivity index is 2.30. The molecule has 0 atom stereocenters. The molecule has 0 bridgehead atoms. The fourth-order valence-corrected chi connectivity index (χ4v) is 1.83. The summed E-state index contributed by atoms with van der Waals surface area (Å²) in [5.41, 5.74) is 7.84. The first kappa shape index (κ1) is 12.4. The van der Waals surface area contributed by atoms with Crippen LogP contribution in [0.15, 0.2) is 24.4 Å². The van der Waals surface area contributed by atoms with Gasteiger partial charge in [-0.2, -0.15) is 5.10 Å². The van der Waals surface area contributed by atoms with Gasteiger partial charge in [-0.1, -0.05) is 17.7 Å². The van der Waals surface area contributed by atoms with Crippen molar-refractivity contribution in [2.24, 2.45) is 7.05 Å². The number of amides is 1. The minimum Gasteiger partial charge on any atom is -0.396 e. The van der Waals surface area contributed by atoms with Gasteiger partial charge in [0.15, 0.2) is 0 Å². The summed E-state index contributed by atoms with van der Waals surface area (Å²) >= 11 is 5.99. The molecule has 0 spiro atoms. The van der Waals surface area contributed by atoms with Gasteiger partial charge in [-0.3, -0.25) is 9.48 Å². The number of nitrogen functional groups attached to an aromatic ring is 1. The van der Waals surface area contributed by atoms with Crippen molar-refractivity contribution < 1.29 is 4.79 Å². The van der Waals surface area contributed by atoms with Crippen molar-refractivity contribution >= 4 is 28.9 Å². The molecular formula is C12H13ClN4O. The van der Waals surface area contributed by atoms with Crippen LogP contribution in [0.4, 0.5) is 11.4 Å². The Morgan fingerprint density at radius 2 is 2.22 bits per heavy atom. The van der Waals surface area contributed by atoms with Crippen LogP contribution < -0.4 is 11.1 Å². The number of hydrogen-bond acceptors (Lipinski definition) is 3. The Hall–Kier alpha value is -2.01. The van der Waals surface area contributed by atoms with Gasteiger partial charge in [0.1, 0.15) is 5.69 Å². The van der Waals surface area contributed by atoms with Gasteiger partial charge in [0.05, 0.1) is 11.9 Å². The van der Waals surface area contributed by atoms with Crippen LogP contribution in [0.25, 0.3) is 0 Å². The fraction of sp³-hybridized carbons (Fsp3) is 0.167. The lowest BCUT2D eigenvalue weighted by Gasteiger charge is -2.10. The highest BCUT2D eigenvalue weighted by Gasteiger charge is 2.16. The third-order valence-corrected chi connectivity index (χ3v) is 3.11. The first-order valence-electron chi connectivity index (χ1n) is 5.34. The molecule has 0 aliphatic carbocycles. The first-order valence-corrected chi connectivity index (χ1v) is 5.72. The molecule has 2 rings (SSSR count). The summed E-state index contributed by atoms with van der Waals surface area (Å²) in [7, 11) is 1.66. The van der Waals surface area contributed by atoms with Gasteiger partial charge in [-0.15, -0.1) is 0 Å². The van der Waals surface area contributed by atoms with Crippen LogP contribution in [0.1, 0.15) is 16.1 Å². The maximum Gasteiger partial charge on any atom is 0.276 e. The number of carbonyl (C=O) groups excluding carboxylic acids is 1. The van der Waals surface area contributed by atoms with E-state index in [-0.39, 0.29) is 5.91 Å². The highest BCUT2D eigenvalue weighted by Crippen LogP contribution is 2.23. The highest BCUT2D eigenvalue weighted by atomic mass is 35.5. The molecule has 1 aromatic carbocycles.